The number of rotatable bonds is 9. The van der Waals surface area contributed by atoms with Crippen LogP contribution >= 0.6 is 34.5 Å². The molecule has 0 aliphatic carbocycles. The maximum Gasteiger partial charge on any atom is 0.338 e. The van der Waals surface area contributed by atoms with E-state index in [1.54, 1.807) is 17.6 Å². The number of halogens is 2. The van der Waals surface area contributed by atoms with Gasteiger partial charge in [-0.1, -0.05) is 110 Å². The van der Waals surface area contributed by atoms with Crippen molar-refractivity contribution in [1.82, 2.24) is 9.13 Å². The van der Waals surface area contributed by atoms with Crippen LogP contribution in [-0.2, 0) is 16.1 Å². The predicted octanol–water partition coefficient (Wildman–Crippen LogP) is 8.01. The molecular weight excluding hydrogens is 637 g/mol. The number of nitrogens with zero attached hydrogens (tertiary/aromatic N) is 3. The van der Waals surface area contributed by atoms with Crippen LogP contribution in [0.15, 0.2) is 94.0 Å². The summed E-state index contributed by atoms with van der Waals surface area (Å²) in [5.41, 5.74) is 5.79. The molecule has 1 aliphatic rings. The number of aromatic nitrogens is 2. The van der Waals surface area contributed by atoms with Crippen LogP contribution in [0.1, 0.15) is 74.8 Å². The average Bonchev–Trinajstić information content (AvgIpc) is 3.54. The van der Waals surface area contributed by atoms with Crippen molar-refractivity contribution in [1.29, 1.82) is 0 Å². The molecular formula is C37H35Cl2N3O3S. The molecule has 6 rings (SSSR count). The summed E-state index contributed by atoms with van der Waals surface area (Å²) in [4.78, 5) is 33.4. The highest BCUT2D eigenvalue weighted by Crippen LogP contribution is 2.33. The van der Waals surface area contributed by atoms with Gasteiger partial charge in [0.2, 0.25) is 0 Å². The van der Waals surface area contributed by atoms with Gasteiger partial charge in [0.05, 0.1) is 28.5 Å². The number of para-hydroxylation sites is 1. The normalized spacial score (nSPS) is 15.0. The van der Waals surface area contributed by atoms with Crippen LogP contribution in [-0.4, -0.2) is 21.7 Å². The van der Waals surface area contributed by atoms with Crippen LogP contribution in [0.25, 0.3) is 17.0 Å². The molecule has 9 heteroatoms. The molecule has 0 amide bonds. The SMILES string of the molecule is CCCC1=C(C(=O)OCC)C(c2ccc(C(C)C)cc2)n2c(s/c(=C/c3cn(Cc4ccc(Cl)cc4Cl)c4ccccc34)c2=O)=N1. The lowest BCUT2D eigenvalue weighted by molar-refractivity contribution is -0.139. The summed E-state index contributed by atoms with van der Waals surface area (Å²) >= 11 is 14.0. The van der Waals surface area contributed by atoms with E-state index in [4.69, 9.17) is 32.9 Å². The fraction of sp³-hybridized carbons (Fsp3) is 0.270. The number of benzene rings is 3. The second kappa shape index (κ2) is 13.4. The molecule has 0 saturated carbocycles. The molecule has 0 radical (unpaired) electrons. The van der Waals surface area contributed by atoms with E-state index in [0.717, 1.165) is 34.0 Å². The lowest BCUT2D eigenvalue weighted by atomic mass is 9.92. The van der Waals surface area contributed by atoms with Gasteiger partial charge < -0.3 is 9.30 Å². The summed E-state index contributed by atoms with van der Waals surface area (Å²) in [6.45, 7) is 8.90. The summed E-state index contributed by atoms with van der Waals surface area (Å²) in [6, 6.07) is 21.1. The maximum absolute atomic E-state index is 14.3. The van der Waals surface area contributed by atoms with Crippen LogP contribution in [0.2, 0.25) is 10.0 Å². The van der Waals surface area contributed by atoms with E-state index in [-0.39, 0.29) is 12.2 Å². The Morgan fingerprint density at radius 3 is 2.52 bits per heavy atom. The molecule has 0 spiro atoms. The number of hydrogen-bond acceptors (Lipinski definition) is 5. The van der Waals surface area contributed by atoms with E-state index in [9.17, 15) is 9.59 Å². The van der Waals surface area contributed by atoms with Crippen LogP contribution in [0, 0.1) is 0 Å². The summed E-state index contributed by atoms with van der Waals surface area (Å²) in [7, 11) is 0. The third-order valence-corrected chi connectivity index (χ3v) is 9.84. The monoisotopic (exact) mass is 671 g/mol. The van der Waals surface area contributed by atoms with E-state index in [1.807, 2.05) is 48.7 Å². The number of hydrogen-bond donors (Lipinski definition) is 0. The van der Waals surface area contributed by atoms with Gasteiger partial charge in [-0.25, -0.2) is 9.79 Å². The Balaban J connectivity index is 1.53. The number of ether oxygens (including phenoxy) is 1. The largest absolute Gasteiger partial charge is 0.463 e. The molecule has 6 nitrogen and oxygen atoms in total. The Bertz CT molecular complexity index is 2160. The van der Waals surface area contributed by atoms with Crippen molar-refractivity contribution in [2.75, 3.05) is 6.61 Å². The fourth-order valence-electron chi connectivity index (χ4n) is 6.00. The van der Waals surface area contributed by atoms with Crippen molar-refractivity contribution in [2.45, 2.75) is 59.0 Å². The van der Waals surface area contributed by atoms with Gasteiger partial charge in [0.15, 0.2) is 4.80 Å². The van der Waals surface area contributed by atoms with Crippen molar-refractivity contribution in [2.24, 2.45) is 4.99 Å². The maximum atomic E-state index is 14.3. The smallest absolute Gasteiger partial charge is 0.338 e. The zero-order valence-corrected chi connectivity index (χ0v) is 28.5. The molecule has 2 aromatic heterocycles. The third-order valence-electron chi connectivity index (χ3n) is 8.27. The van der Waals surface area contributed by atoms with Crippen molar-refractivity contribution < 1.29 is 9.53 Å². The van der Waals surface area contributed by atoms with E-state index in [1.165, 1.54) is 16.9 Å². The number of carbonyl (C=O) groups is 1. The molecule has 1 aliphatic heterocycles. The summed E-state index contributed by atoms with van der Waals surface area (Å²) in [5.74, 6) is -0.0875. The predicted molar refractivity (Wildman–Crippen MR) is 188 cm³/mol. The van der Waals surface area contributed by atoms with Gasteiger partial charge in [0.25, 0.3) is 5.56 Å². The van der Waals surface area contributed by atoms with Crippen molar-refractivity contribution in [3.05, 3.63) is 136 Å². The zero-order chi connectivity index (χ0) is 32.5. The first-order valence-electron chi connectivity index (χ1n) is 15.5. The summed E-state index contributed by atoms with van der Waals surface area (Å²) < 4.78 is 9.88. The van der Waals surface area contributed by atoms with Crippen molar-refractivity contribution in [3.8, 4) is 0 Å². The second-order valence-electron chi connectivity index (χ2n) is 11.7. The molecule has 0 N–H and O–H groups in total. The molecule has 236 valence electrons. The number of esters is 1. The number of allylic oxidation sites excluding steroid dienone is 1. The third kappa shape index (κ3) is 6.11. The minimum absolute atomic E-state index is 0.198. The average molecular weight is 673 g/mol. The molecule has 1 atom stereocenters. The van der Waals surface area contributed by atoms with Gasteiger partial charge in [-0.15, -0.1) is 0 Å². The van der Waals surface area contributed by atoms with Crippen LogP contribution in [0.4, 0.5) is 0 Å². The first-order valence-corrected chi connectivity index (χ1v) is 17.1. The Labute approximate surface area is 281 Å². The topological polar surface area (TPSA) is 65.6 Å². The van der Waals surface area contributed by atoms with E-state index in [0.29, 0.717) is 49.5 Å². The summed E-state index contributed by atoms with van der Waals surface area (Å²) in [6.07, 6.45) is 5.37. The molecule has 0 fully saturated rings. The van der Waals surface area contributed by atoms with Gasteiger partial charge in [-0.3, -0.25) is 9.36 Å². The van der Waals surface area contributed by atoms with Crippen LogP contribution in [0.5, 0.6) is 0 Å². The molecule has 0 bridgehead atoms. The first kappa shape index (κ1) is 32.0. The quantitative estimate of drug-likeness (QED) is 0.149. The molecule has 1 unspecified atom stereocenters. The van der Waals surface area contributed by atoms with Gasteiger partial charge in [0.1, 0.15) is 0 Å². The van der Waals surface area contributed by atoms with Gasteiger partial charge >= 0.3 is 5.97 Å². The second-order valence-corrected chi connectivity index (χ2v) is 13.6. The Hall–Kier alpha value is -3.91. The van der Waals surface area contributed by atoms with E-state index >= 15 is 0 Å². The molecule has 46 heavy (non-hydrogen) atoms. The van der Waals surface area contributed by atoms with E-state index < -0.39 is 12.0 Å². The number of fused-ring (bicyclic) bond motifs is 2. The fourth-order valence-corrected chi connectivity index (χ4v) is 7.47. The minimum atomic E-state index is -0.645. The Morgan fingerprint density at radius 2 is 1.83 bits per heavy atom. The lowest BCUT2D eigenvalue weighted by Crippen LogP contribution is -2.40. The molecule has 5 aromatic rings. The Kier molecular flexibility index (Phi) is 9.37. The van der Waals surface area contributed by atoms with Crippen molar-refractivity contribution >= 4 is 57.5 Å². The zero-order valence-electron chi connectivity index (χ0n) is 26.2. The van der Waals surface area contributed by atoms with Crippen LogP contribution < -0.4 is 14.9 Å². The standard InChI is InChI=1S/C37H35Cl2N3O3S/c1-5-9-30-33(36(44)45-6-2)34(24-14-12-23(13-15-24)22(3)4)42-35(43)32(46-37(42)40-30)18-26-21-41(31-11-8-7-10-28(26)31)20-25-16-17-27(38)19-29(25)39/h7-8,10-19,21-22,34H,5-6,9,20H2,1-4H3/b32-18+. The van der Waals surface area contributed by atoms with Gasteiger partial charge in [-0.05, 0) is 60.2 Å². The van der Waals surface area contributed by atoms with Crippen LogP contribution in [0.3, 0.4) is 0 Å². The van der Waals surface area contributed by atoms with Gasteiger partial charge in [0, 0.05) is 39.3 Å². The molecule has 3 aromatic carbocycles. The van der Waals surface area contributed by atoms with E-state index in [2.05, 4.69) is 49.6 Å². The summed E-state index contributed by atoms with van der Waals surface area (Å²) in [5, 5.41) is 2.20. The highest BCUT2D eigenvalue weighted by molar-refractivity contribution is 7.07. The molecule has 0 saturated heterocycles. The lowest BCUT2D eigenvalue weighted by Gasteiger charge is -2.26. The highest BCUT2D eigenvalue weighted by Gasteiger charge is 2.34. The first-order chi connectivity index (χ1) is 22.2. The van der Waals surface area contributed by atoms with Crippen molar-refractivity contribution in [3.63, 3.8) is 0 Å². The highest BCUT2D eigenvalue weighted by atomic mass is 35.5. The molecule has 3 heterocycles. The Morgan fingerprint density at radius 1 is 1.07 bits per heavy atom. The van der Waals surface area contributed by atoms with Gasteiger partial charge in [-0.2, -0.15) is 0 Å². The minimum Gasteiger partial charge on any atom is -0.463 e. The number of carbonyl (C=O) groups excluding carboxylic acids is 1. The number of thiazole rings is 1.